The summed E-state index contributed by atoms with van der Waals surface area (Å²) >= 11 is 0. The summed E-state index contributed by atoms with van der Waals surface area (Å²) in [4.78, 5) is 2.63. The highest BCUT2D eigenvalue weighted by atomic mass is 15.2. The van der Waals surface area contributed by atoms with E-state index in [0.29, 0.717) is 23.4 Å². The Morgan fingerprint density at radius 1 is 0.929 bits per heavy atom. The molecule has 0 radical (unpaired) electrons. The van der Waals surface area contributed by atoms with Crippen molar-refractivity contribution in [3.63, 3.8) is 0 Å². The molecule has 86 valence electrons. The Balaban J connectivity index is 4.96. The van der Waals surface area contributed by atoms with Gasteiger partial charge in [-0.05, 0) is 39.2 Å². The maximum absolute atomic E-state index is 2.63. The molecule has 0 saturated heterocycles. The van der Waals surface area contributed by atoms with E-state index in [4.69, 9.17) is 0 Å². The Bertz CT molecular complexity index is 151. The number of hydrogen-bond donors (Lipinski definition) is 0. The van der Waals surface area contributed by atoms with Crippen LogP contribution in [0.2, 0.25) is 0 Å². The van der Waals surface area contributed by atoms with Crippen LogP contribution in [0.1, 0.15) is 55.4 Å². The summed E-state index contributed by atoms with van der Waals surface area (Å²) in [7, 11) is 0. The lowest BCUT2D eigenvalue weighted by atomic mass is 9.76. The molecule has 14 heavy (non-hydrogen) atoms. The molecule has 0 aromatic carbocycles. The van der Waals surface area contributed by atoms with Crippen LogP contribution < -0.4 is 0 Å². The van der Waals surface area contributed by atoms with E-state index in [0.717, 1.165) is 6.54 Å². The smallest absolute Gasteiger partial charge is 0.0229 e. The summed E-state index contributed by atoms with van der Waals surface area (Å²) in [6.45, 7) is 19.8. The summed E-state index contributed by atoms with van der Waals surface area (Å²) in [5.74, 6) is 1.40. The molecule has 0 aromatic rings. The average molecular weight is 199 g/mol. The first-order valence-electron chi connectivity index (χ1n) is 6.05. The van der Waals surface area contributed by atoms with Gasteiger partial charge in [0.2, 0.25) is 0 Å². The van der Waals surface area contributed by atoms with E-state index >= 15 is 0 Å². The zero-order valence-corrected chi connectivity index (χ0v) is 11.4. The van der Waals surface area contributed by atoms with Crippen LogP contribution in [0.15, 0.2) is 0 Å². The van der Waals surface area contributed by atoms with Crippen molar-refractivity contribution < 1.29 is 0 Å². The van der Waals surface area contributed by atoms with E-state index in [1.807, 2.05) is 0 Å². The molecule has 0 atom stereocenters. The normalized spacial score (nSPS) is 13.7. The summed E-state index contributed by atoms with van der Waals surface area (Å²) < 4.78 is 0. The van der Waals surface area contributed by atoms with Gasteiger partial charge in [0.05, 0.1) is 0 Å². The molecule has 1 heteroatoms. The van der Waals surface area contributed by atoms with E-state index in [2.05, 4.69) is 60.3 Å². The second-order valence-corrected chi connectivity index (χ2v) is 5.41. The average Bonchev–Trinajstić information content (AvgIpc) is 2.03. The van der Waals surface area contributed by atoms with Gasteiger partial charge in [0.1, 0.15) is 0 Å². The first-order valence-corrected chi connectivity index (χ1v) is 6.05. The van der Waals surface area contributed by atoms with Gasteiger partial charge >= 0.3 is 0 Å². The molecule has 0 amide bonds. The lowest BCUT2D eigenvalue weighted by Gasteiger charge is -2.49. The van der Waals surface area contributed by atoms with Crippen molar-refractivity contribution in [3.05, 3.63) is 0 Å². The standard InChI is InChI=1S/C13H29N/c1-9-14(12(6)7)13(8,10(2)3)11(4)5/h10-12H,9H2,1-8H3. The first kappa shape index (κ1) is 14.0. The maximum atomic E-state index is 2.63. The van der Waals surface area contributed by atoms with E-state index in [-0.39, 0.29) is 0 Å². The minimum Gasteiger partial charge on any atom is -0.295 e. The lowest BCUT2D eigenvalue weighted by Crippen LogP contribution is -2.56. The minimum absolute atomic E-state index is 0.322. The summed E-state index contributed by atoms with van der Waals surface area (Å²) in [5.41, 5.74) is 0.322. The van der Waals surface area contributed by atoms with Gasteiger partial charge < -0.3 is 0 Å². The summed E-state index contributed by atoms with van der Waals surface area (Å²) in [6, 6.07) is 0.634. The Kier molecular flexibility index (Phi) is 5.14. The molecule has 0 fully saturated rings. The second kappa shape index (κ2) is 5.16. The van der Waals surface area contributed by atoms with E-state index in [1.54, 1.807) is 0 Å². The largest absolute Gasteiger partial charge is 0.295 e. The van der Waals surface area contributed by atoms with Crippen LogP contribution in [0.5, 0.6) is 0 Å². The third kappa shape index (κ3) is 2.50. The first-order chi connectivity index (χ1) is 6.28. The predicted molar refractivity (Wildman–Crippen MR) is 65.6 cm³/mol. The number of hydrogen-bond acceptors (Lipinski definition) is 1. The van der Waals surface area contributed by atoms with Crippen molar-refractivity contribution in [1.29, 1.82) is 0 Å². The van der Waals surface area contributed by atoms with Crippen LogP contribution >= 0.6 is 0 Å². The van der Waals surface area contributed by atoms with Crippen LogP contribution in [0.25, 0.3) is 0 Å². The van der Waals surface area contributed by atoms with E-state index in [1.165, 1.54) is 0 Å². The van der Waals surface area contributed by atoms with E-state index in [9.17, 15) is 0 Å². The van der Waals surface area contributed by atoms with Gasteiger partial charge in [0, 0.05) is 11.6 Å². The third-order valence-corrected chi connectivity index (χ3v) is 3.92. The summed E-state index contributed by atoms with van der Waals surface area (Å²) in [5, 5.41) is 0. The van der Waals surface area contributed by atoms with Crippen LogP contribution in [-0.2, 0) is 0 Å². The highest BCUT2D eigenvalue weighted by molar-refractivity contribution is 4.92. The molecule has 0 aromatic heterocycles. The maximum Gasteiger partial charge on any atom is 0.0229 e. The van der Waals surface area contributed by atoms with Gasteiger partial charge in [-0.25, -0.2) is 0 Å². The molecule has 0 bridgehead atoms. The SMILES string of the molecule is CCN(C(C)C)C(C)(C(C)C)C(C)C. The number of rotatable bonds is 5. The summed E-state index contributed by atoms with van der Waals surface area (Å²) in [6.07, 6.45) is 0. The van der Waals surface area contributed by atoms with Gasteiger partial charge in [0.15, 0.2) is 0 Å². The monoisotopic (exact) mass is 199 g/mol. The zero-order chi connectivity index (χ0) is 11.5. The highest BCUT2D eigenvalue weighted by Gasteiger charge is 2.38. The molecule has 0 saturated carbocycles. The van der Waals surface area contributed by atoms with Crippen molar-refractivity contribution in [1.82, 2.24) is 4.90 Å². The molecule has 0 aliphatic heterocycles. The van der Waals surface area contributed by atoms with Crippen LogP contribution in [0.4, 0.5) is 0 Å². The topological polar surface area (TPSA) is 3.24 Å². The predicted octanol–water partition coefficient (Wildman–Crippen LogP) is 3.79. The minimum atomic E-state index is 0.322. The van der Waals surface area contributed by atoms with Crippen LogP contribution in [0.3, 0.4) is 0 Å². The highest BCUT2D eigenvalue weighted by Crippen LogP contribution is 2.33. The van der Waals surface area contributed by atoms with Crippen molar-refractivity contribution >= 4 is 0 Å². The second-order valence-electron chi connectivity index (χ2n) is 5.41. The molecular weight excluding hydrogens is 170 g/mol. The van der Waals surface area contributed by atoms with Crippen molar-refractivity contribution in [3.8, 4) is 0 Å². The fourth-order valence-electron chi connectivity index (χ4n) is 2.59. The molecule has 0 heterocycles. The van der Waals surface area contributed by atoms with Gasteiger partial charge in [0.25, 0.3) is 0 Å². The van der Waals surface area contributed by atoms with Gasteiger partial charge in [-0.1, -0.05) is 34.6 Å². The Morgan fingerprint density at radius 3 is 1.36 bits per heavy atom. The van der Waals surface area contributed by atoms with Gasteiger partial charge in [-0.2, -0.15) is 0 Å². The van der Waals surface area contributed by atoms with Crippen LogP contribution in [0, 0.1) is 11.8 Å². The lowest BCUT2D eigenvalue weighted by molar-refractivity contribution is -0.000551. The van der Waals surface area contributed by atoms with Gasteiger partial charge in [-0.3, -0.25) is 4.90 Å². The van der Waals surface area contributed by atoms with Crippen molar-refractivity contribution in [2.45, 2.75) is 67.0 Å². The van der Waals surface area contributed by atoms with Crippen molar-refractivity contribution in [2.75, 3.05) is 6.54 Å². The Morgan fingerprint density at radius 2 is 1.29 bits per heavy atom. The fraction of sp³-hybridized carbons (Fsp3) is 1.00. The molecular formula is C13H29N. The van der Waals surface area contributed by atoms with E-state index < -0.39 is 0 Å². The Hall–Kier alpha value is -0.0400. The molecule has 0 aliphatic carbocycles. The zero-order valence-electron chi connectivity index (χ0n) is 11.4. The third-order valence-electron chi connectivity index (χ3n) is 3.92. The van der Waals surface area contributed by atoms with Crippen LogP contribution in [-0.4, -0.2) is 23.0 Å². The molecule has 1 nitrogen and oxygen atoms in total. The molecule has 0 unspecified atom stereocenters. The molecule has 0 N–H and O–H groups in total. The molecule has 0 rings (SSSR count). The van der Waals surface area contributed by atoms with Gasteiger partial charge in [-0.15, -0.1) is 0 Å². The quantitative estimate of drug-likeness (QED) is 0.651. The fourth-order valence-corrected chi connectivity index (χ4v) is 2.59. The molecule has 0 aliphatic rings. The Labute approximate surface area is 90.9 Å². The molecule has 0 spiro atoms. The number of nitrogens with zero attached hydrogens (tertiary/aromatic N) is 1. The van der Waals surface area contributed by atoms with Crippen molar-refractivity contribution in [2.24, 2.45) is 11.8 Å².